The van der Waals surface area contributed by atoms with Gasteiger partial charge in [-0.15, -0.1) is 0 Å². The molecule has 9 heteroatoms. The highest BCUT2D eigenvalue weighted by molar-refractivity contribution is 9.10. The molecule has 0 saturated carbocycles. The maximum absolute atomic E-state index is 11.6. The van der Waals surface area contributed by atoms with Crippen molar-refractivity contribution in [3.63, 3.8) is 0 Å². The number of carbonyl (C=O) groups excluding carboxylic acids is 2. The molecule has 0 N–H and O–H groups in total. The van der Waals surface area contributed by atoms with Crippen LogP contribution in [0.3, 0.4) is 0 Å². The predicted octanol–water partition coefficient (Wildman–Crippen LogP) is 5.45. The van der Waals surface area contributed by atoms with Crippen LogP contribution in [-0.4, -0.2) is 63.8 Å². The monoisotopic (exact) mass is 576 g/mol. The van der Waals surface area contributed by atoms with Crippen molar-refractivity contribution in [1.82, 2.24) is 0 Å². The van der Waals surface area contributed by atoms with Crippen molar-refractivity contribution in [2.75, 3.05) is 39.6 Å². The van der Waals surface area contributed by atoms with Gasteiger partial charge in [-0.3, -0.25) is 9.59 Å². The molecule has 3 aromatic rings. The zero-order valence-corrected chi connectivity index (χ0v) is 23.2. The Kier molecular flexibility index (Phi) is 11.0. The average Bonchev–Trinajstić information content (AvgIpc) is 2.86. The van der Waals surface area contributed by atoms with E-state index in [-0.39, 0.29) is 26.4 Å². The van der Waals surface area contributed by atoms with Crippen LogP contribution in [0.15, 0.2) is 46.9 Å². The van der Waals surface area contributed by atoms with E-state index in [0.29, 0.717) is 24.7 Å². The highest BCUT2D eigenvalue weighted by atomic mass is 79.9. The van der Waals surface area contributed by atoms with Gasteiger partial charge >= 0.3 is 11.9 Å². The van der Waals surface area contributed by atoms with E-state index in [4.69, 9.17) is 28.4 Å². The summed E-state index contributed by atoms with van der Waals surface area (Å²) in [5.41, 5.74) is 0. The fourth-order valence-corrected chi connectivity index (χ4v) is 4.30. The van der Waals surface area contributed by atoms with Crippen LogP contribution in [0.1, 0.15) is 27.7 Å². The van der Waals surface area contributed by atoms with Crippen LogP contribution in [-0.2, 0) is 28.5 Å². The molecule has 0 aliphatic heterocycles. The molecule has 0 heterocycles. The fourth-order valence-electron chi connectivity index (χ4n) is 3.94. The largest absolute Gasteiger partial charge is 0.488 e. The van der Waals surface area contributed by atoms with Crippen LogP contribution in [0.2, 0.25) is 0 Å². The van der Waals surface area contributed by atoms with E-state index in [1.807, 2.05) is 56.3 Å². The number of fused-ring (bicyclic) bond motifs is 2. The van der Waals surface area contributed by atoms with Crippen LogP contribution in [0.25, 0.3) is 21.5 Å². The first-order valence-electron chi connectivity index (χ1n) is 12.2. The number of hydrogen-bond acceptors (Lipinski definition) is 8. The lowest BCUT2D eigenvalue weighted by Crippen LogP contribution is -2.29. The number of hydrogen-bond donors (Lipinski definition) is 0. The molecule has 37 heavy (non-hydrogen) atoms. The molecule has 0 aliphatic carbocycles. The van der Waals surface area contributed by atoms with Crippen molar-refractivity contribution in [3.05, 3.63) is 46.9 Å². The van der Waals surface area contributed by atoms with Crippen molar-refractivity contribution < 1.29 is 38.0 Å². The third-order valence-corrected chi connectivity index (χ3v) is 5.89. The number of ether oxygens (including phenoxy) is 6. The molecule has 2 atom stereocenters. The molecule has 0 aromatic heterocycles. The van der Waals surface area contributed by atoms with Crippen LogP contribution in [0.5, 0.6) is 11.5 Å². The minimum absolute atomic E-state index is 0.119. The summed E-state index contributed by atoms with van der Waals surface area (Å²) < 4.78 is 35.2. The summed E-state index contributed by atoms with van der Waals surface area (Å²) in [4.78, 5) is 23.2. The van der Waals surface area contributed by atoms with Gasteiger partial charge in [0.15, 0.2) is 12.2 Å². The minimum atomic E-state index is -0.558. The van der Waals surface area contributed by atoms with Gasteiger partial charge in [-0.2, -0.15) is 0 Å². The quantitative estimate of drug-likeness (QED) is 0.185. The van der Waals surface area contributed by atoms with Gasteiger partial charge in [0.1, 0.15) is 24.7 Å². The first-order chi connectivity index (χ1) is 17.8. The summed E-state index contributed by atoms with van der Waals surface area (Å²) in [5, 5.41) is 3.30. The molecule has 200 valence electrons. The van der Waals surface area contributed by atoms with Crippen LogP contribution in [0.4, 0.5) is 0 Å². The molecular weight excluding hydrogens is 544 g/mol. The fraction of sp³-hybridized carbons (Fsp3) is 0.429. The van der Waals surface area contributed by atoms with Crippen LogP contribution >= 0.6 is 15.9 Å². The van der Waals surface area contributed by atoms with Crippen molar-refractivity contribution in [2.24, 2.45) is 0 Å². The number of rotatable bonds is 14. The second-order valence-electron chi connectivity index (χ2n) is 8.30. The first-order valence-corrected chi connectivity index (χ1v) is 13.0. The molecule has 0 bridgehead atoms. The van der Waals surface area contributed by atoms with Gasteiger partial charge in [-0.05, 0) is 32.0 Å². The number of benzene rings is 3. The Labute approximate surface area is 225 Å². The predicted molar refractivity (Wildman–Crippen MR) is 144 cm³/mol. The molecule has 0 fully saturated rings. The van der Waals surface area contributed by atoms with Crippen LogP contribution in [0, 0.1) is 0 Å². The minimum Gasteiger partial charge on any atom is -0.488 e. The van der Waals surface area contributed by atoms with Crippen molar-refractivity contribution in [1.29, 1.82) is 0 Å². The van der Waals surface area contributed by atoms with Crippen molar-refractivity contribution in [2.45, 2.75) is 39.9 Å². The third kappa shape index (κ3) is 8.05. The average molecular weight is 577 g/mol. The maximum Gasteiger partial charge on any atom is 0.303 e. The van der Waals surface area contributed by atoms with E-state index in [1.165, 1.54) is 13.8 Å². The summed E-state index contributed by atoms with van der Waals surface area (Å²) in [7, 11) is 0. The van der Waals surface area contributed by atoms with Crippen molar-refractivity contribution in [3.8, 4) is 11.5 Å². The third-order valence-electron chi connectivity index (χ3n) is 5.40. The van der Waals surface area contributed by atoms with E-state index in [1.54, 1.807) is 0 Å². The SMILES string of the molecule is CCOCC(COc1c2ccccc2c(OCC(COCC)OC(C)=O)c2cc(Br)ccc12)OC(C)=O. The molecule has 3 aromatic carbocycles. The molecule has 0 aliphatic rings. The van der Waals surface area contributed by atoms with Gasteiger partial charge in [0.2, 0.25) is 0 Å². The van der Waals surface area contributed by atoms with E-state index < -0.39 is 24.1 Å². The molecule has 8 nitrogen and oxygen atoms in total. The standard InChI is InChI=1S/C28H33BrO8/c1-5-32-14-21(36-18(3)30)16-34-27-23-9-7-8-10-24(23)28(26-13-20(29)11-12-25(26)27)35-17-22(15-33-6-2)37-19(4)31/h7-13,21-22H,5-6,14-17H2,1-4H3. The summed E-state index contributed by atoms with van der Waals surface area (Å²) in [6, 6.07) is 13.6. The van der Waals surface area contributed by atoms with Gasteiger partial charge in [-0.25, -0.2) is 0 Å². The molecule has 0 saturated heterocycles. The Morgan fingerprint density at radius 1 is 0.703 bits per heavy atom. The van der Waals surface area contributed by atoms with Crippen LogP contribution < -0.4 is 9.47 Å². The molecule has 0 radical (unpaired) electrons. The van der Waals surface area contributed by atoms with E-state index in [0.717, 1.165) is 26.0 Å². The molecular formula is C28H33BrO8. The lowest BCUT2D eigenvalue weighted by atomic mass is 10.0. The van der Waals surface area contributed by atoms with Gasteiger partial charge in [-0.1, -0.05) is 40.2 Å². The summed E-state index contributed by atoms with van der Waals surface area (Å²) in [6.45, 7) is 8.19. The zero-order chi connectivity index (χ0) is 26.8. The molecule has 0 amide bonds. The number of halogens is 1. The van der Waals surface area contributed by atoms with Gasteiger partial charge in [0, 0.05) is 53.1 Å². The Balaban J connectivity index is 2.02. The Morgan fingerprint density at radius 2 is 1.16 bits per heavy atom. The molecule has 3 rings (SSSR count). The summed E-state index contributed by atoms with van der Waals surface area (Å²) >= 11 is 3.56. The Bertz CT molecular complexity index is 1210. The first kappa shape index (κ1) is 28.7. The summed E-state index contributed by atoms with van der Waals surface area (Å²) in [6.07, 6.45) is -1.11. The normalized spacial score (nSPS) is 12.8. The lowest BCUT2D eigenvalue weighted by molar-refractivity contribution is -0.152. The van der Waals surface area contributed by atoms with E-state index in [9.17, 15) is 9.59 Å². The van der Waals surface area contributed by atoms with Gasteiger partial charge in [0.05, 0.1) is 13.2 Å². The second-order valence-corrected chi connectivity index (χ2v) is 9.21. The lowest BCUT2D eigenvalue weighted by Gasteiger charge is -2.22. The van der Waals surface area contributed by atoms with Gasteiger partial charge in [0.25, 0.3) is 0 Å². The highest BCUT2D eigenvalue weighted by Crippen LogP contribution is 2.43. The Hall–Kier alpha value is -2.88. The smallest absolute Gasteiger partial charge is 0.303 e. The van der Waals surface area contributed by atoms with E-state index >= 15 is 0 Å². The molecule has 2 unspecified atom stereocenters. The maximum atomic E-state index is 11.6. The van der Waals surface area contributed by atoms with E-state index in [2.05, 4.69) is 15.9 Å². The number of carbonyl (C=O) groups is 2. The van der Waals surface area contributed by atoms with Gasteiger partial charge < -0.3 is 28.4 Å². The molecule has 0 spiro atoms. The van der Waals surface area contributed by atoms with Crippen molar-refractivity contribution >= 4 is 49.4 Å². The summed E-state index contributed by atoms with van der Waals surface area (Å²) in [5.74, 6) is 0.484. The number of esters is 2. The topological polar surface area (TPSA) is 89.5 Å². The zero-order valence-electron chi connectivity index (χ0n) is 21.6. The Morgan fingerprint density at radius 3 is 1.62 bits per heavy atom. The second kappa shape index (κ2) is 14.2. The highest BCUT2D eigenvalue weighted by Gasteiger charge is 2.21.